The molecule has 0 spiro atoms. The second kappa shape index (κ2) is 8.97. The molecular formula is C22H28N2O3S. The molecule has 2 aliphatic rings. The molecule has 0 radical (unpaired) electrons. The summed E-state index contributed by atoms with van der Waals surface area (Å²) in [6.45, 7) is 3.98. The quantitative estimate of drug-likeness (QED) is 0.755. The van der Waals surface area contributed by atoms with Gasteiger partial charge in [-0.2, -0.15) is 0 Å². The molecular weight excluding hydrogens is 372 g/mol. The number of rotatable bonds is 7. The number of hydrogen-bond donors (Lipinski definition) is 1. The summed E-state index contributed by atoms with van der Waals surface area (Å²) in [4.78, 5) is 16.3. The maximum absolute atomic E-state index is 13.1. The maximum atomic E-state index is 13.1. The second-order valence-electron chi connectivity index (χ2n) is 7.68. The molecule has 0 atom stereocenters. The maximum Gasteiger partial charge on any atom is 0.237 e. The first-order valence-electron chi connectivity index (χ1n) is 10.1. The van der Waals surface area contributed by atoms with Crippen LogP contribution in [0.1, 0.15) is 48.1 Å². The Morgan fingerprint density at radius 1 is 1.14 bits per heavy atom. The topological polar surface area (TPSA) is 50.8 Å². The van der Waals surface area contributed by atoms with Crippen molar-refractivity contribution < 1.29 is 14.3 Å². The van der Waals surface area contributed by atoms with E-state index in [4.69, 9.17) is 9.47 Å². The van der Waals surface area contributed by atoms with Crippen molar-refractivity contribution >= 4 is 17.2 Å². The van der Waals surface area contributed by atoms with Gasteiger partial charge in [0.25, 0.3) is 0 Å². The fourth-order valence-electron chi connectivity index (χ4n) is 3.88. The molecule has 1 aromatic heterocycles. The zero-order valence-electron chi connectivity index (χ0n) is 16.4. The molecule has 2 aromatic rings. The predicted octanol–water partition coefficient (Wildman–Crippen LogP) is 4.24. The Morgan fingerprint density at radius 3 is 2.75 bits per heavy atom. The van der Waals surface area contributed by atoms with E-state index in [2.05, 4.69) is 23.7 Å². The second-order valence-corrected chi connectivity index (χ2v) is 8.68. The van der Waals surface area contributed by atoms with Gasteiger partial charge >= 0.3 is 0 Å². The molecule has 4 rings (SSSR count). The first-order chi connectivity index (χ1) is 13.7. The fraction of sp³-hybridized carbons (Fsp3) is 0.500. The monoisotopic (exact) mass is 400 g/mol. The molecule has 1 aliphatic carbocycles. The normalized spacial score (nSPS) is 16.3. The Morgan fingerprint density at radius 2 is 1.96 bits per heavy atom. The van der Waals surface area contributed by atoms with Gasteiger partial charge in [-0.25, -0.2) is 0 Å². The highest BCUT2D eigenvalue weighted by molar-refractivity contribution is 7.10. The van der Waals surface area contributed by atoms with Crippen LogP contribution in [0.4, 0.5) is 0 Å². The van der Waals surface area contributed by atoms with E-state index in [1.54, 1.807) is 11.3 Å². The van der Waals surface area contributed by atoms with E-state index in [0.717, 1.165) is 17.1 Å². The van der Waals surface area contributed by atoms with Gasteiger partial charge in [-0.05, 0) is 54.5 Å². The molecule has 0 saturated heterocycles. The number of fused-ring (bicyclic) bond motifs is 1. The van der Waals surface area contributed by atoms with Crippen molar-refractivity contribution in [2.75, 3.05) is 13.3 Å². The first kappa shape index (κ1) is 19.3. The molecule has 0 bridgehead atoms. The van der Waals surface area contributed by atoms with E-state index in [0.29, 0.717) is 25.7 Å². The van der Waals surface area contributed by atoms with Gasteiger partial charge in [0.05, 0.1) is 13.1 Å². The van der Waals surface area contributed by atoms with Gasteiger partial charge in [0, 0.05) is 17.5 Å². The van der Waals surface area contributed by atoms with Crippen LogP contribution in [0.25, 0.3) is 0 Å². The van der Waals surface area contributed by atoms with Crippen LogP contribution in [-0.4, -0.2) is 30.2 Å². The Balaban J connectivity index is 1.44. The van der Waals surface area contributed by atoms with Crippen molar-refractivity contribution in [1.29, 1.82) is 0 Å². The van der Waals surface area contributed by atoms with Crippen LogP contribution in [0.15, 0.2) is 29.6 Å². The number of nitrogens with one attached hydrogen (secondary N) is 1. The number of hydrogen-bond acceptors (Lipinski definition) is 5. The first-order valence-corrected chi connectivity index (χ1v) is 11.0. The van der Waals surface area contributed by atoms with Crippen molar-refractivity contribution in [1.82, 2.24) is 10.2 Å². The lowest BCUT2D eigenvalue weighted by atomic mass is 9.95. The van der Waals surface area contributed by atoms with Crippen LogP contribution >= 0.6 is 11.3 Å². The smallest absolute Gasteiger partial charge is 0.237 e. The lowest BCUT2D eigenvalue weighted by Crippen LogP contribution is -2.41. The molecule has 28 heavy (non-hydrogen) atoms. The van der Waals surface area contributed by atoms with Crippen LogP contribution in [0.5, 0.6) is 11.5 Å². The number of ether oxygens (including phenoxy) is 2. The Labute approximate surface area is 170 Å². The molecule has 150 valence electrons. The van der Waals surface area contributed by atoms with E-state index in [9.17, 15) is 4.79 Å². The van der Waals surface area contributed by atoms with Crippen molar-refractivity contribution in [3.8, 4) is 11.5 Å². The lowest BCUT2D eigenvalue weighted by Gasteiger charge is -2.26. The minimum Gasteiger partial charge on any atom is -0.454 e. The summed E-state index contributed by atoms with van der Waals surface area (Å²) in [5, 5.41) is 5.58. The third kappa shape index (κ3) is 4.67. The highest BCUT2D eigenvalue weighted by atomic mass is 32.1. The average Bonchev–Trinajstić information content (AvgIpc) is 3.35. The summed E-state index contributed by atoms with van der Waals surface area (Å²) in [6, 6.07) is 8.52. The largest absolute Gasteiger partial charge is 0.454 e. The fourth-order valence-corrected chi connectivity index (χ4v) is 4.80. The molecule has 5 nitrogen and oxygen atoms in total. The molecule has 2 heterocycles. The van der Waals surface area contributed by atoms with Gasteiger partial charge in [0.1, 0.15) is 0 Å². The number of thiophene rings is 1. The number of nitrogens with zero attached hydrogens (tertiary/aromatic N) is 1. The number of amides is 1. The molecule has 1 fully saturated rings. The number of carbonyl (C=O) groups excluding carboxylic acids is 1. The zero-order chi connectivity index (χ0) is 19.3. The minimum atomic E-state index is 0.149. The Bertz CT molecular complexity index is 814. The van der Waals surface area contributed by atoms with E-state index in [1.807, 2.05) is 23.1 Å². The van der Waals surface area contributed by atoms with Crippen molar-refractivity contribution in [3.63, 3.8) is 0 Å². The number of aryl methyl sites for hydroxylation is 1. The van der Waals surface area contributed by atoms with Crippen molar-refractivity contribution in [2.45, 2.75) is 58.2 Å². The van der Waals surface area contributed by atoms with Gasteiger partial charge < -0.3 is 19.7 Å². The highest BCUT2D eigenvalue weighted by Gasteiger charge is 2.20. The summed E-state index contributed by atoms with van der Waals surface area (Å²) in [7, 11) is 0. The minimum absolute atomic E-state index is 0.149. The van der Waals surface area contributed by atoms with Gasteiger partial charge in [-0.15, -0.1) is 11.3 Å². The van der Waals surface area contributed by atoms with Crippen LogP contribution in [-0.2, 0) is 17.9 Å². The molecule has 1 saturated carbocycles. The summed E-state index contributed by atoms with van der Waals surface area (Å²) >= 11 is 1.71. The summed E-state index contributed by atoms with van der Waals surface area (Å²) in [5.74, 6) is 1.68. The van der Waals surface area contributed by atoms with E-state index in [-0.39, 0.29) is 12.7 Å². The van der Waals surface area contributed by atoms with Crippen molar-refractivity contribution in [3.05, 3.63) is 45.6 Å². The van der Waals surface area contributed by atoms with Gasteiger partial charge in [-0.3, -0.25) is 4.79 Å². The molecule has 1 amide bonds. The van der Waals surface area contributed by atoms with Crippen LogP contribution < -0.4 is 14.8 Å². The molecule has 1 aromatic carbocycles. The van der Waals surface area contributed by atoms with Crippen molar-refractivity contribution in [2.24, 2.45) is 0 Å². The Kier molecular flexibility index (Phi) is 6.17. The average molecular weight is 401 g/mol. The Hall–Kier alpha value is -2.05. The highest BCUT2D eigenvalue weighted by Crippen LogP contribution is 2.33. The standard InChI is InChI=1S/C22H28N2O3S/c1-16-9-10-28-21(16)14-24(22(25)12-23-18-5-3-2-4-6-18)13-17-7-8-19-20(11-17)27-15-26-19/h7-11,18,23H,2-6,12-15H2,1H3. The van der Waals surface area contributed by atoms with Crippen LogP contribution in [0.2, 0.25) is 0 Å². The van der Waals surface area contributed by atoms with Crippen LogP contribution in [0.3, 0.4) is 0 Å². The van der Waals surface area contributed by atoms with E-state index in [1.165, 1.54) is 42.5 Å². The van der Waals surface area contributed by atoms with E-state index >= 15 is 0 Å². The molecule has 1 N–H and O–H groups in total. The van der Waals surface area contributed by atoms with E-state index < -0.39 is 0 Å². The van der Waals surface area contributed by atoms with Gasteiger partial charge in [-0.1, -0.05) is 25.3 Å². The summed E-state index contributed by atoms with van der Waals surface area (Å²) in [5.41, 5.74) is 2.30. The third-order valence-corrected chi connectivity index (χ3v) is 6.62. The lowest BCUT2D eigenvalue weighted by molar-refractivity contribution is -0.131. The van der Waals surface area contributed by atoms with Crippen LogP contribution in [0, 0.1) is 6.92 Å². The molecule has 6 heteroatoms. The number of carbonyl (C=O) groups is 1. The zero-order valence-corrected chi connectivity index (χ0v) is 17.2. The molecule has 1 aliphatic heterocycles. The molecule has 0 unspecified atom stereocenters. The van der Waals surface area contributed by atoms with Gasteiger partial charge in [0.15, 0.2) is 11.5 Å². The third-order valence-electron chi connectivity index (χ3n) is 5.61. The van der Waals surface area contributed by atoms with Gasteiger partial charge in [0.2, 0.25) is 12.7 Å². The summed E-state index contributed by atoms with van der Waals surface area (Å²) < 4.78 is 10.9. The summed E-state index contributed by atoms with van der Waals surface area (Å²) in [6.07, 6.45) is 6.21. The number of benzene rings is 1. The predicted molar refractivity (Wildman–Crippen MR) is 111 cm³/mol. The SMILES string of the molecule is Cc1ccsc1CN(Cc1ccc2c(c1)OCO2)C(=O)CNC1CCCCC1.